The largest absolute Gasteiger partial charge is 0.508 e. The van der Waals surface area contributed by atoms with Crippen molar-refractivity contribution in [3.63, 3.8) is 0 Å². The summed E-state index contributed by atoms with van der Waals surface area (Å²) in [6.45, 7) is 2.52. The number of hydrogen-bond donors (Lipinski definition) is 2. The van der Waals surface area contributed by atoms with Crippen molar-refractivity contribution in [3.8, 4) is 5.75 Å². The number of carbonyl (C=O) groups excluding carboxylic acids is 1. The van der Waals surface area contributed by atoms with E-state index in [9.17, 15) is 9.90 Å². The Labute approximate surface area is 120 Å². The van der Waals surface area contributed by atoms with Gasteiger partial charge >= 0.3 is 0 Å². The zero-order chi connectivity index (χ0) is 14.7. The van der Waals surface area contributed by atoms with Crippen LogP contribution in [-0.2, 0) is 4.79 Å². The van der Waals surface area contributed by atoms with E-state index < -0.39 is 0 Å². The molecule has 3 unspecified atom stereocenters. The molecule has 4 nitrogen and oxygen atoms in total. The smallest absolute Gasteiger partial charge is 0.226 e. The average molecular weight is 276 g/mol. The van der Waals surface area contributed by atoms with E-state index in [2.05, 4.69) is 0 Å². The Balaban J connectivity index is 2.12. The monoisotopic (exact) mass is 276 g/mol. The molecule has 0 spiro atoms. The third kappa shape index (κ3) is 2.80. The summed E-state index contributed by atoms with van der Waals surface area (Å²) in [5.41, 5.74) is 6.55. The number of nitrogens with two attached hydrogens (primary N) is 1. The predicted octanol–water partition coefficient (Wildman–Crippen LogP) is 2.29. The van der Waals surface area contributed by atoms with E-state index in [0.29, 0.717) is 12.5 Å². The quantitative estimate of drug-likeness (QED) is 0.886. The van der Waals surface area contributed by atoms with Crippen molar-refractivity contribution in [3.05, 3.63) is 29.8 Å². The van der Waals surface area contributed by atoms with E-state index in [4.69, 9.17) is 5.73 Å². The van der Waals surface area contributed by atoms with Crippen LogP contribution in [0.2, 0.25) is 0 Å². The normalized spacial score (nSPS) is 23.6. The van der Waals surface area contributed by atoms with Crippen LogP contribution in [0.4, 0.5) is 0 Å². The molecule has 0 saturated heterocycles. The SMILES string of the molecule is CC(c1ccccc1O)N(C)C(=O)C1CCCC1CN. The number of benzene rings is 1. The third-order valence-electron chi connectivity index (χ3n) is 4.59. The van der Waals surface area contributed by atoms with Crippen molar-refractivity contribution in [1.82, 2.24) is 4.90 Å². The highest BCUT2D eigenvalue weighted by Gasteiger charge is 2.35. The molecule has 0 bridgehead atoms. The van der Waals surface area contributed by atoms with Gasteiger partial charge < -0.3 is 15.7 Å². The molecule has 1 fully saturated rings. The first-order valence-corrected chi connectivity index (χ1v) is 7.31. The van der Waals surface area contributed by atoms with Gasteiger partial charge in [0.05, 0.1) is 6.04 Å². The van der Waals surface area contributed by atoms with Crippen molar-refractivity contribution < 1.29 is 9.90 Å². The van der Waals surface area contributed by atoms with Gasteiger partial charge in [0.25, 0.3) is 0 Å². The number of amides is 1. The summed E-state index contributed by atoms with van der Waals surface area (Å²) in [5.74, 6) is 0.731. The zero-order valence-electron chi connectivity index (χ0n) is 12.2. The van der Waals surface area contributed by atoms with Gasteiger partial charge in [0.2, 0.25) is 5.91 Å². The van der Waals surface area contributed by atoms with Gasteiger partial charge in [0.1, 0.15) is 5.75 Å². The van der Waals surface area contributed by atoms with Crippen LogP contribution in [0.3, 0.4) is 0 Å². The number of phenols is 1. The molecule has 1 aromatic carbocycles. The number of phenolic OH excluding ortho intramolecular Hbond substituents is 1. The standard InChI is InChI=1S/C16H24N2O2/c1-11(13-7-3-4-9-15(13)19)18(2)16(20)14-8-5-6-12(14)10-17/h3-4,7,9,11-12,14,19H,5-6,8,10,17H2,1-2H3. The van der Waals surface area contributed by atoms with E-state index in [1.165, 1.54) is 0 Å². The van der Waals surface area contributed by atoms with E-state index in [-0.39, 0.29) is 23.6 Å². The van der Waals surface area contributed by atoms with Crippen molar-refractivity contribution >= 4 is 5.91 Å². The van der Waals surface area contributed by atoms with Crippen molar-refractivity contribution in [2.45, 2.75) is 32.2 Å². The molecular weight excluding hydrogens is 252 g/mol. The summed E-state index contributed by atoms with van der Waals surface area (Å²) in [4.78, 5) is 14.4. The van der Waals surface area contributed by atoms with E-state index in [0.717, 1.165) is 24.8 Å². The van der Waals surface area contributed by atoms with E-state index in [1.54, 1.807) is 17.0 Å². The van der Waals surface area contributed by atoms with Gasteiger partial charge in [0, 0.05) is 18.5 Å². The Morgan fingerprint density at radius 2 is 2.15 bits per heavy atom. The van der Waals surface area contributed by atoms with Crippen LogP contribution in [0.25, 0.3) is 0 Å². The Morgan fingerprint density at radius 3 is 2.80 bits per heavy atom. The second-order valence-corrected chi connectivity index (χ2v) is 5.72. The summed E-state index contributed by atoms with van der Waals surface area (Å²) < 4.78 is 0. The fourth-order valence-corrected chi connectivity index (χ4v) is 3.15. The minimum Gasteiger partial charge on any atom is -0.508 e. The molecular formula is C16H24N2O2. The molecule has 0 aliphatic heterocycles. The van der Waals surface area contributed by atoms with Gasteiger partial charge in [-0.2, -0.15) is 0 Å². The van der Waals surface area contributed by atoms with E-state index >= 15 is 0 Å². The van der Waals surface area contributed by atoms with Crippen LogP contribution in [0.15, 0.2) is 24.3 Å². The first-order chi connectivity index (χ1) is 9.56. The molecule has 1 amide bonds. The first kappa shape index (κ1) is 14.9. The Hall–Kier alpha value is -1.55. The van der Waals surface area contributed by atoms with Crippen molar-refractivity contribution in [2.75, 3.05) is 13.6 Å². The number of aromatic hydroxyl groups is 1. The lowest BCUT2D eigenvalue weighted by Crippen LogP contribution is -2.38. The summed E-state index contributed by atoms with van der Waals surface area (Å²) in [7, 11) is 1.81. The molecule has 3 N–H and O–H groups in total. The number of rotatable bonds is 4. The molecule has 1 aromatic rings. The maximum absolute atomic E-state index is 12.6. The highest BCUT2D eigenvalue weighted by atomic mass is 16.3. The molecule has 0 aromatic heterocycles. The maximum atomic E-state index is 12.6. The molecule has 1 aliphatic carbocycles. The van der Waals surface area contributed by atoms with Gasteiger partial charge in [-0.3, -0.25) is 4.79 Å². The molecule has 1 saturated carbocycles. The summed E-state index contributed by atoms with van der Waals surface area (Å²) in [6, 6.07) is 7.04. The summed E-state index contributed by atoms with van der Waals surface area (Å²) in [5, 5.41) is 9.92. The fraction of sp³-hybridized carbons (Fsp3) is 0.562. The Kier molecular flexibility index (Phi) is 4.65. The topological polar surface area (TPSA) is 66.6 Å². The number of carbonyl (C=O) groups is 1. The first-order valence-electron chi connectivity index (χ1n) is 7.31. The van der Waals surface area contributed by atoms with Gasteiger partial charge in [-0.05, 0) is 38.3 Å². The molecule has 0 radical (unpaired) electrons. The van der Waals surface area contributed by atoms with Crippen LogP contribution in [-0.4, -0.2) is 29.5 Å². The van der Waals surface area contributed by atoms with Gasteiger partial charge in [-0.1, -0.05) is 24.6 Å². The summed E-state index contributed by atoms with van der Waals surface area (Å²) in [6.07, 6.45) is 3.06. The Bertz CT molecular complexity index is 475. The highest BCUT2D eigenvalue weighted by Crippen LogP contribution is 2.35. The highest BCUT2D eigenvalue weighted by molar-refractivity contribution is 5.79. The third-order valence-corrected chi connectivity index (χ3v) is 4.59. The predicted molar refractivity (Wildman–Crippen MR) is 79.2 cm³/mol. The Morgan fingerprint density at radius 1 is 1.45 bits per heavy atom. The van der Waals surface area contributed by atoms with Crippen LogP contribution in [0, 0.1) is 11.8 Å². The zero-order valence-corrected chi connectivity index (χ0v) is 12.2. The van der Waals surface area contributed by atoms with Gasteiger partial charge in [0.15, 0.2) is 0 Å². The second-order valence-electron chi connectivity index (χ2n) is 5.72. The molecule has 1 aliphatic rings. The fourth-order valence-electron chi connectivity index (χ4n) is 3.15. The second kappa shape index (κ2) is 6.27. The molecule has 4 heteroatoms. The van der Waals surface area contributed by atoms with Crippen LogP contribution >= 0.6 is 0 Å². The molecule has 110 valence electrons. The van der Waals surface area contributed by atoms with Crippen molar-refractivity contribution in [1.29, 1.82) is 0 Å². The molecule has 0 heterocycles. The molecule has 2 rings (SSSR count). The van der Waals surface area contributed by atoms with E-state index in [1.807, 2.05) is 26.1 Å². The van der Waals surface area contributed by atoms with Gasteiger partial charge in [-0.15, -0.1) is 0 Å². The van der Waals surface area contributed by atoms with Crippen LogP contribution < -0.4 is 5.73 Å². The average Bonchev–Trinajstić information content (AvgIpc) is 2.94. The van der Waals surface area contributed by atoms with Crippen molar-refractivity contribution in [2.24, 2.45) is 17.6 Å². The van der Waals surface area contributed by atoms with Crippen LogP contribution in [0.5, 0.6) is 5.75 Å². The van der Waals surface area contributed by atoms with Crippen LogP contribution in [0.1, 0.15) is 37.8 Å². The maximum Gasteiger partial charge on any atom is 0.226 e. The number of para-hydroxylation sites is 1. The number of nitrogens with zero attached hydrogens (tertiary/aromatic N) is 1. The lowest BCUT2D eigenvalue weighted by Gasteiger charge is -2.30. The molecule has 20 heavy (non-hydrogen) atoms. The minimum absolute atomic E-state index is 0.0401. The minimum atomic E-state index is -0.136. The summed E-state index contributed by atoms with van der Waals surface area (Å²) >= 11 is 0. The van der Waals surface area contributed by atoms with Gasteiger partial charge in [-0.25, -0.2) is 0 Å². The lowest BCUT2D eigenvalue weighted by molar-refractivity contribution is -0.137. The lowest BCUT2D eigenvalue weighted by atomic mass is 9.94. The molecule has 3 atom stereocenters. The number of hydrogen-bond acceptors (Lipinski definition) is 3.